The zero-order chi connectivity index (χ0) is 11.2. The third-order valence-corrected chi connectivity index (χ3v) is 4.00. The van der Waals surface area contributed by atoms with Gasteiger partial charge in [-0.3, -0.25) is 4.79 Å². The predicted octanol–water partition coefficient (Wildman–Crippen LogP) is 1.03. The van der Waals surface area contributed by atoms with Gasteiger partial charge >= 0.3 is 0 Å². The Morgan fingerprint density at radius 2 is 1.93 bits per heavy atom. The summed E-state index contributed by atoms with van der Waals surface area (Å²) >= 11 is 0. The molecule has 2 rings (SSSR count). The summed E-state index contributed by atoms with van der Waals surface area (Å²) in [7, 11) is -3.45. The highest BCUT2D eigenvalue weighted by Crippen LogP contribution is 2.30. The van der Waals surface area contributed by atoms with Gasteiger partial charge in [-0.05, 0) is 31.0 Å². The van der Waals surface area contributed by atoms with Crippen molar-refractivity contribution >= 4 is 21.4 Å². The number of rotatable bonds is 0. The summed E-state index contributed by atoms with van der Waals surface area (Å²) in [4.78, 5) is 11.4. The molecular weight excluding hydrogens is 214 g/mol. The van der Waals surface area contributed by atoms with Crippen LogP contribution in [-0.4, -0.2) is 20.1 Å². The number of aryl methyl sites for hydroxylation is 2. The summed E-state index contributed by atoms with van der Waals surface area (Å²) in [5.41, 5.74) is 2.09. The number of nitrogens with one attached hydrogen (secondary N) is 1. The summed E-state index contributed by atoms with van der Waals surface area (Å²) in [5.74, 6) is -0.919. The second-order valence-electron chi connectivity index (χ2n) is 3.76. The minimum absolute atomic E-state index is 0.236. The van der Waals surface area contributed by atoms with Crippen LogP contribution >= 0.6 is 0 Å². The summed E-state index contributed by atoms with van der Waals surface area (Å²) in [5, 5.41) is 2.59. The lowest BCUT2D eigenvalue weighted by atomic mass is 10.1. The summed E-state index contributed by atoms with van der Waals surface area (Å²) in [6.45, 7) is 3.62. The fourth-order valence-corrected chi connectivity index (χ4v) is 3.22. The summed E-state index contributed by atoms with van der Waals surface area (Å²) in [6.07, 6.45) is 0. The average Bonchev–Trinajstić information content (AvgIpc) is 2.06. The Balaban J connectivity index is 2.78. The van der Waals surface area contributed by atoms with Crippen LogP contribution in [0.5, 0.6) is 0 Å². The maximum Gasteiger partial charge on any atom is 0.240 e. The van der Waals surface area contributed by atoms with Crippen LogP contribution in [-0.2, 0) is 14.6 Å². The summed E-state index contributed by atoms with van der Waals surface area (Å²) < 4.78 is 23.5. The van der Waals surface area contributed by atoms with Crippen molar-refractivity contribution in [2.75, 3.05) is 11.1 Å². The van der Waals surface area contributed by atoms with Crippen molar-refractivity contribution in [1.82, 2.24) is 0 Å². The van der Waals surface area contributed by atoms with Gasteiger partial charge in [0.05, 0.1) is 10.6 Å². The monoisotopic (exact) mass is 225 g/mol. The molecule has 1 aliphatic heterocycles. The van der Waals surface area contributed by atoms with Gasteiger partial charge < -0.3 is 5.32 Å². The van der Waals surface area contributed by atoms with E-state index in [2.05, 4.69) is 5.32 Å². The fraction of sp³-hybridized carbons (Fsp3) is 0.300. The first-order valence-electron chi connectivity index (χ1n) is 4.54. The third-order valence-electron chi connectivity index (χ3n) is 2.36. The van der Waals surface area contributed by atoms with Crippen molar-refractivity contribution in [3.05, 3.63) is 23.3 Å². The highest BCUT2D eigenvalue weighted by molar-refractivity contribution is 7.92. The molecule has 1 aliphatic rings. The lowest BCUT2D eigenvalue weighted by Gasteiger charge is -2.19. The molecule has 0 radical (unpaired) electrons. The molecule has 1 amide bonds. The highest BCUT2D eigenvalue weighted by Gasteiger charge is 2.29. The van der Waals surface area contributed by atoms with E-state index in [1.807, 2.05) is 13.0 Å². The van der Waals surface area contributed by atoms with Gasteiger partial charge in [-0.1, -0.05) is 6.07 Å². The molecular formula is C10H11NO3S. The predicted molar refractivity (Wildman–Crippen MR) is 56.6 cm³/mol. The van der Waals surface area contributed by atoms with E-state index in [1.165, 1.54) is 0 Å². The van der Waals surface area contributed by atoms with Gasteiger partial charge in [-0.15, -0.1) is 0 Å². The van der Waals surface area contributed by atoms with Crippen molar-refractivity contribution in [3.8, 4) is 0 Å². The summed E-state index contributed by atoms with van der Waals surface area (Å²) in [6, 6.07) is 3.44. The maximum atomic E-state index is 11.7. The molecule has 0 unspecified atom stereocenters. The van der Waals surface area contributed by atoms with Crippen LogP contribution in [0.1, 0.15) is 11.1 Å². The first-order valence-corrected chi connectivity index (χ1v) is 6.19. The molecule has 0 aliphatic carbocycles. The third kappa shape index (κ3) is 1.63. The topological polar surface area (TPSA) is 63.2 Å². The number of amides is 1. The average molecular weight is 225 g/mol. The maximum absolute atomic E-state index is 11.7. The number of hydrogen-bond donors (Lipinski definition) is 1. The van der Waals surface area contributed by atoms with Gasteiger partial charge in [0.15, 0.2) is 9.84 Å². The zero-order valence-corrected chi connectivity index (χ0v) is 9.31. The molecule has 0 saturated heterocycles. The molecule has 1 heterocycles. The first-order chi connectivity index (χ1) is 6.90. The van der Waals surface area contributed by atoms with E-state index in [4.69, 9.17) is 0 Å². The number of sulfone groups is 1. The van der Waals surface area contributed by atoms with Gasteiger partial charge in [-0.25, -0.2) is 8.42 Å². The standard InChI is InChI=1S/C10H11NO3S/c1-6-3-7(2)10-8(4-6)15(13,14)5-9(12)11-10/h3-4H,5H2,1-2H3,(H,11,12). The smallest absolute Gasteiger partial charge is 0.240 e. The Bertz CT molecular complexity index is 546. The molecule has 15 heavy (non-hydrogen) atoms. The second kappa shape index (κ2) is 3.06. The lowest BCUT2D eigenvalue weighted by molar-refractivity contribution is -0.114. The van der Waals surface area contributed by atoms with Crippen molar-refractivity contribution < 1.29 is 13.2 Å². The van der Waals surface area contributed by atoms with Crippen molar-refractivity contribution in [2.45, 2.75) is 18.7 Å². The number of fused-ring (bicyclic) bond motifs is 1. The number of anilines is 1. The van der Waals surface area contributed by atoms with E-state index in [1.54, 1.807) is 13.0 Å². The van der Waals surface area contributed by atoms with E-state index >= 15 is 0 Å². The van der Waals surface area contributed by atoms with Crippen LogP contribution in [0.2, 0.25) is 0 Å². The molecule has 1 aromatic rings. The highest BCUT2D eigenvalue weighted by atomic mass is 32.2. The van der Waals surface area contributed by atoms with Crippen LogP contribution in [0.3, 0.4) is 0 Å². The second-order valence-corrected chi connectivity index (χ2v) is 5.72. The van der Waals surface area contributed by atoms with E-state index < -0.39 is 21.5 Å². The first kappa shape index (κ1) is 10.2. The molecule has 0 atom stereocenters. The normalized spacial score (nSPS) is 18.1. The molecule has 4 nitrogen and oxygen atoms in total. The van der Waals surface area contributed by atoms with E-state index in [0.29, 0.717) is 5.69 Å². The van der Waals surface area contributed by atoms with Gasteiger partial charge in [0, 0.05) is 0 Å². The van der Waals surface area contributed by atoms with Crippen LogP contribution in [0.25, 0.3) is 0 Å². The lowest BCUT2D eigenvalue weighted by Crippen LogP contribution is -2.29. The molecule has 1 N–H and O–H groups in total. The molecule has 80 valence electrons. The van der Waals surface area contributed by atoms with Gasteiger partial charge in [0.25, 0.3) is 0 Å². The van der Waals surface area contributed by atoms with Gasteiger partial charge in [0.2, 0.25) is 5.91 Å². The van der Waals surface area contributed by atoms with Gasteiger partial charge in [0.1, 0.15) is 5.75 Å². The SMILES string of the molecule is Cc1cc(C)c2c(c1)S(=O)(=O)CC(=O)N2. The molecule has 5 heteroatoms. The molecule has 1 aromatic carbocycles. The van der Waals surface area contributed by atoms with E-state index in [9.17, 15) is 13.2 Å². The number of benzene rings is 1. The molecule has 0 aromatic heterocycles. The molecule has 0 bridgehead atoms. The number of carbonyl (C=O) groups is 1. The molecule has 0 fully saturated rings. The van der Waals surface area contributed by atoms with Crippen molar-refractivity contribution in [3.63, 3.8) is 0 Å². The quantitative estimate of drug-likeness (QED) is 0.717. The van der Waals surface area contributed by atoms with Gasteiger partial charge in [-0.2, -0.15) is 0 Å². The van der Waals surface area contributed by atoms with E-state index in [0.717, 1.165) is 11.1 Å². The van der Waals surface area contributed by atoms with E-state index in [-0.39, 0.29) is 4.90 Å². The Hall–Kier alpha value is -1.36. The van der Waals surface area contributed by atoms with Crippen molar-refractivity contribution in [1.29, 1.82) is 0 Å². The Kier molecular flexibility index (Phi) is 2.08. The Labute approximate surface area is 88.2 Å². The fourth-order valence-electron chi connectivity index (χ4n) is 1.76. The van der Waals surface area contributed by atoms with Crippen LogP contribution in [0, 0.1) is 13.8 Å². The number of hydrogen-bond acceptors (Lipinski definition) is 3. The van der Waals surface area contributed by atoms with Crippen LogP contribution in [0.15, 0.2) is 17.0 Å². The molecule has 0 spiro atoms. The Morgan fingerprint density at radius 1 is 1.27 bits per heavy atom. The van der Waals surface area contributed by atoms with Crippen LogP contribution in [0.4, 0.5) is 5.69 Å². The van der Waals surface area contributed by atoms with Crippen LogP contribution < -0.4 is 5.32 Å². The van der Waals surface area contributed by atoms with Crippen molar-refractivity contribution in [2.24, 2.45) is 0 Å². The molecule has 0 saturated carbocycles. The number of carbonyl (C=O) groups excluding carboxylic acids is 1. The largest absolute Gasteiger partial charge is 0.324 e. The Morgan fingerprint density at radius 3 is 2.60 bits per heavy atom. The zero-order valence-electron chi connectivity index (χ0n) is 8.49. The minimum atomic E-state index is -3.45. The minimum Gasteiger partial charge on any atom is -0.324 e.